The Bertz CT molecular complexity index is 1910. The van der Waals surface area contributed by atoms with Crippen molar-refractivity contribution in [2.75, 3.05) is 13.2 Å². The van der Waals surface area contributed by atoms with Gasteiger partial charge in [-0.3, -0.25) is 0 Å². The van der Waals surface area contributed by atoms with Gasteiger partial charge in [-0.2, -0.15) is 0 Å². The maximum Gasteiger partial charge on any atom is 0.407 e. The van der Waals surface area contributed by atoms with Crippen molar-refractivity contribution in [3.63, 3.8) is 0 Å². The molecule has 0 radical (unpaired) electrons. The van der Waals surface area contributed by atoms with E-state index in [1.807, 2.05) is 152 Å². The van der Waals surface area contributed by atoms with Gasteiger partial charge in [-0.15, -0.1) is 0 Å². The van der Waals surface area contributed by atoms with Crippen LogP contribution in [0.5, 0.6) is 0 Å². The Labute approximate surface area is 348 Å². The predicted molar refractivity (Wildman–Crippen MR) is 220 cm³/mol. The smallest absolute Gasteiger partial charge is 0.407 e. The van der Waals surface area contributed by atoms with E-state index in [9.17, 15) is 9.90 Å². The molecule has 9 nitrogen and oxygen atoms in total. The largest absolute Gasteiger partial charge is 0.445 e. The van der Waals surface area contributed by atoms with E-state index >= 15 is 0 Å². The van der Waals surface area contributed by atoms with Crippen LogP contribution >= 0.6 is 34.8 Å². The van der Waals surface area contributed by atoms with Crippen LogP contribution in [0.3, 0.4) is 0 Å². The lowest BCUT2D eigenvalue weighted by molar-refractivity contribution is -0.305. The van der Waals surface area contributed by atoms with E-state index in [-0.39, 0.29) is 39.6 Å². The summed E-state index contributed by atoms with van der Waals surface area (Å²) in [7, 11) is 0. The van der Waals surface area contributed by atoms with Crippen LogP contribution in [-0.2, 0) is 61.5 Å². The number of amides is 1. The number of benzene rings is 5. The number of rotatable bonds is 18. The molecule has 6 rings (SSSR count). The molecule has 0 unspecified atom stereocenters. The number of alkyl carbamates (subject to hydrolysis) is 1. The Morgan fingerprint density at radius 3 is 1.44 bits per heavy atom. The average Bonchev–Trinajstić information content (AvgIpc) is 3.24. The second kappa shape index (κ2) is 21.1. The number of hydrogen-bond donors (Lipinski definition) is 2. The molecule has 0 saturated heterocycles. The normalized spacial score (nSPS) is 22.1. The van der Waals surface area contributed by atoms with Gasteiger partial charge in [0.05, 0.1) is 45.7 Å². The fourth-order valence-corrected chi connectivity index (χ4v) is 6.94. The van der Waals surface area contributed by atoms with E-state index in [1.165, 1.54) is 0 Å². The molecule has 300 valence electrons. The summed E-state index contributed by atoms with van der Waals surface area (Å²) >= 11 is 17.9. The van der Waals surface area contributed by atoms with Crippen molar-refractivity contribution in [3.8, 4) is 0 Å². The Hall–Kier alpha value is -4.00. The molecule has 0 aromatic heterocycles. The summed E-state index contributed by atoms with van der Waals surface area (Å²) in [5, 5.41) is 15.7. The minimum absolute atomic E-state index is 0.0587. The monoisotopic (exact) mass is 833 g/mol. The highest BCUT2D eigenvalue weighted by molar-refractivity contribution is 6.67. The topological polar surface area (TPSA) is 105 Å². The molecule has 0 bridgehead atoms. The second-order valence-electron chi connectivity index (χ2n) is 13.8. The van der Waals surface area contributed by atoms with E-state index in [4.69, 9.17) is 63.2 Å². The molecule has 5 aromatic rings. The van der Waals surface area contributed by atoms with E-state index in [0.29, 0.717) is 0 Å². The quantitative estimate of drug-likeness (QED) is 0.0846. The van der Waals surface area contributed by atoms with E-state index in [1.54, 1.807) is 0 Å². The van der Waals surface area contributed by atoms with Crippen molar-refractivity contribution >= 4 is 40.9 Å². The first kappa shape index (κ1) is 42.6. The molecule has 1 aliphatic rings. The lowest BCUT2D eigenvalue weighted by Crippen LogP contribution is -2.77. The Balaban J connectivity index is 1.46. The van der Waals surface area contributed by atoms with Gasteiger partial charge in [0.2, 0.25) is 3.79 Å². The highest BCUT2D eigenvalue weighted by atomic mass is 35.6. The van der Waals surface area contributed by atoms with Gasteiger partial charge in [-0.05, 0) is 27.8 Å². The van der Waals surface area contributed by atoms with E-state index in [2.05, 4.69) is 5.32 Å². The van der Waals surface area contributed by atoms with Crippen molar-refractivity contribution in [3.05, 3.63) is 179 Å². The first-order chi connectivity index (χ1) is 27.7. The molecule has 2 N–H and O–H groups in total. The predicted octanol–water partition coefficient (Wildman–Crippen LogP) is 8.75. The van der Waals surface area contributed by atoms with Crippen LogP contribution in [0.4, 0.5) is 4.79 Å². The highest BCUT2D eigenvalue weighted by Gasteiger charge is 2.63. The molecule has 5 aromatic carbocycles. The lowest BCUT2D eigenvalue weighted by atomic mass is 9.73. The fraction of sp³-hybridized carbons (Fsp3) is 0.311. The number of carbonyl (C=O) groups is 1. The molecule has 0 spiro atoms. The van der Waals surface area contributed by atoms with Gasteiger partial charge in [-0.25, -0.2) is 4.79 Å². The first-order valence-corrected chi connectivity index (χ1v) is 19.8. The molecule has 12 heteroatoms. The van der Waals surface area contributed by atoms with Gasteiger partial charge in [0, 0.05) is 0 Å². The molecule has 1 amide bonds. The molecule has 1 aliphatic carbocycles. The third-order valence-corrected chi connectivity index (χ3v) is 9.91. The van der Waals surface area contributed by atoms with E-state index in [0.717, 1.165) is 27.8 Å². The minimum atomic E-state index is -1.88. The number of hydrogen-bond acceptors (Lipinski definition) is 8. The summed E-state index contributed by atoms with van der Waals surface area (Å²) < 4.78 is 37.3. The molecule has 0 heterocycles. The van der Waals surface area contributed by atoms with Crippen LogP contribution in [-0.4, -0.2) is 64.3 Å². The van der Waals surface area contributed by atoms with Crippen LogP contribution in [0, 0.1) is 0 Å². The lowest BCUT2D eigenvalue weighted by Gasteiger charge is -2.55. The summed E-state index contributed by atoms with van der Waals surface area (Å²) in [5.74, 6) is 0. The number of carbonyl (C=O) groups excluding carboxylic acids is 1. The van der Waals surface area contributed by atoms with Crippen LogP contribution < -0.4 is 5.32 Å². The number of ether oxygens (including phenoxy) is 6. The summed E-state index contributed by atoms with van der Waals surface area (Å²) in [6, 6.07) is 46.9. The number of halogens is 3. The van der Waals surface area contributed by atoms with Crippen molar-refractivity contribution in [2.45, 2.75) is 72.9 Å². The van der Waals surface area contributed by atoms with Gasteiger partial charge in [0.15, 0.2) is 0 Å². The Morgan fingerprint density at radius 1 is 0.579 bits per heavy atom. The van der Waals surface area contributed by atoms with Gasteiger partial charge in [-0.1, -0.05) is 186 Å². The van der Waals surface area contributed by atoms with E-state index < -0.39 is 52.6 Å². The standard InChI is InChI=1S/C45H46Cl3NO8/c46-45(47,48)32-56-43(51)49-38-39(53-27-34-18-8-2-9-19-34)40(54-28-35-20-10-3-11-21-35)42(55-29-36-22-12-4-13-23-36)44(41(38)50,57-30-37-24-14-5-15-25-37)31-52-26-33-16-6-1-7-17-33/h1-25,38-42,50H,26-32H2,(H,49,51)/t38-,39+,40-,41+,42+,44-/m1/s1. The SMILES string of the molecule is O=C(N[C@@H]1[C@H](OCc2ccccc2)[C@@H](OCc2ccccc2)[C@H](OCc2ccccc2)[C@](COCc2ccccc2)(OCc2ccccc2)[C@H]1O)OCC(Cl)(Cl)Cl. The van der Waals surface area contributed by atoms with Crippen LogP contribution in [0.2, 0.25) is 0 Å². The minimum Gasteiger partial charge on any atom is -0.445 e. The second-order valence-corrected chi connectivity index (χ2v) is 16.3. The average molecular weight is 835 g/mol. The fourth-order valence-electron chi connectivity index (χ4n) is 6.77. The summed E-state index contributed by atoms with van der Waals surface area (Å²) in [5.41, 5.74) is 2.69. The molecule has 6 atom stereocenters. The van der Waals surface area contributed by atoms with Crippen molar-refractivity contribution < 1.29 is 38.3 Å². The highest BCUT2D eigenvalue weighted by Crippen LogP contribution is 2.41. The third kappa shape index (κ3) is 12.5. The maximum absolute atomic E-state index is 13.6. The zero-order valence-electron chi connectivity index (χ0n) is 31.2. The summed E-state index contributed by atoms with van der Waals surface area (Å²) in [4.78, 5) is 13.6. The Morgan fingerprint density at radius 2 is 0.982 bits per heavy atom. The molecular weight excluding hydrogens is 789 g/mol. The summed E-state index contributed by atoms with van der Waals surface area (Å²) in [6.45, 7) is -0.0821. The number of aliphatic hydroxyl groups is 1. The van der Waals surface area contributed by atoms with Crippen LogP contribution in [0.1, 0.15) is 27.8 Å². The maximum atomic E-state index is 13.6. The third-order valence-electron chi connectivity index (χ3n) is 9.58. The van der Waals surface area contributed by atoms with Crippen molar-refractivity contribution in [1.29, 1.82) is 0 Å². The van der Waals surface area contributed by atoms with Gasteiger partial charge >= 0.3 is 6.09 Å². The number of nitrogens with one attached hydrogen (secondary N) is 1. The van der Waals surface area contributed by atoms with Crippen molar-refractivity contribution in [1.82, 2.24) is 5.32 Å². The van der Waals surface area contributed by atoms with Crippen molar-refractivity contribution in [2.24, 2.45) is 0 Å². The van der Waals surface area contributed by atoms with Gasteiger partial charge in [0.25, 0.3) is 0 Å². The van der Waals surface area contributed by atoms with Gasteiger partial charge < -0.3 is 38.8 Å². The molecule has 57 heavy (non-hydrogen) atoms. The molecule has 0 aliphatic heterocycles. The number of alkyl halides is 3. The zero-order valence-corrected chi connectivity index (χ0v) is 33.5. The molecular formula is C45H46Cl3NO8. The molecule has 1 fully saturated rings. The van der Waals surface area contributed by atoms with Gasteiger partial charge in [0.1, 0.15) is 36.6 Å². The number of aliphatic hydroxyl groups excluding tert-OH is 1. The van der Waals surface area contributed by atoms with Crippen LogP contribution in [0.15, 0.2) is 152 Å². The first-order valence-electron chi connectivity index (χ1n) is 18.6. The zero-order chi connectivity index (χ0) is 39.9. The molecule has 1 saturated carbocycles. The van der Waals surface area contributed by atoms with Crippen LogP contribution in [0.25, 0.3) is 0 Å². The Kier molecular flexibility index (Phi) is 15.8. The summed E-state index contributed by atoms with van der Waals surface area (Å²) in [6.07, 6.45) is -5.53.